The van der Waals surface area contributed by atoms with Crippen LogP contribution >= 0.6 is 0 Å². The number of hydrogen-bond acceptors (Lipinski definition) is 2. The molecule has 0 amide bonds. The molecule has 2 nitrogen and oxygen atoms in total. The third-order valence-electron chi connectivity index (χ3n) is 8.52. The van der Waals surface area contributed by atoms with Gasteiger partial charge >= 0.3 is 0 Å². The monoisotopic (exact) mass is 526 g/mol. The summed E-state index contributed by atoms with van der Waals surface area (Å²) < 4.78 is 13.5. The molecule has 8 rings (SSSR count). The molecule has 0 unspecified atom stereocenters. The molecule has 0 atom stereocenters. The van der Waals surface area contributed by atoms with Crippen molar-refractivity contribution in [3.05, 3.63) is 139 Å². The number of fused-ring (bicyclic) bond motifs is 4. The standard InChI is InChI=1S/C38H27BO2/c1-24-10-6-8-14-29(24)27-17-20-34-33(22-27)39-32-19-16-28(30-15-9-7-11-25(30)2)23-36(32)41-38-31(26-12-4-3-5-13-26)18-21-35(40-34)37(38)39/h3-23H,1-2H3. The summed E-state index contributed by atoms with van der Waals surface area (Å²) in [4.78, 5) is 0. The Morgan fingerprint density at radius 2 is 1.07 bits per heavy atom. The average molecular weight is 526 g/mol. The lowest BCUT2D eigenvalue weighted by Gasteiger charge is -2.34. The maximum Gasteiger partial charge on any atom is 0.260 e. The molecule has 0 aliphatic carbocycles. The number of aryl methyl sites for hydroxylation is 2. The van der Waals surface area contributed by atoms with Crippen molar-refractivity contribution in [3.8, 4) is 56.4 Å². The van der Waals surface area contributed by atoms with Crippen LogP contribution in [0.3, 0.4) is 0 Å². The van der Waals surface area contributed by atoms with Gasteiger partial charge in [0.25, 0.3) is 6.71 Å². The van der Waals surface area contributed by atoms with Gasteiger partial charge in [0.2, 0.25) is 0 Å². The first kappa shape index (κ1) is 23.8. The van der Waals surface area contributed by atoms with Crippen molar-refractivity contribution in [1.29, 1.82) is 0 Å². The van der Waals surface area contributed by atoms with Gasteiger partial charge in [0.15, 0.2) is 0 Å². The lowest BCUT2D eigenvalue weighted by molar-refractivity contribution is 0.466. The summed E-state index contributed by atoms with van der Waals surface area (Å²) in [5.41, 5.74) is 12.9. The van der Waals surface area contributed by atoms with Crippen molar-refractivity contribution in [2.45, 2.75) is 13.8 Å². The Kier molecular flexibility index (Phi) is 5.40. The number of hydrogen-bond donors (Lipinski definition) is 0. The summed E-state index contributed by atoms with van der Waals surface area (Å²) in [7, 11) is 0. The Labute approximate surface area is 240 Å². The van der Waals surface area contributed by atoms with Crippen LogP contribution in [0.1, 0.15) is 11.1 Å². The first-order valence-electron chi connectivity index (χ1n) is 14.1. The van der Waals surface area contributed by atoms with Crippen LogP contribution in [0.15, 0.2) is 127 Å². The van der Waals surface area contributed by atoms with Gasteiger partial charge in [-0.25, -0.2) is 0 Å². The highest BCUT2D eigenvalue weighted by Gasteiger charge is 2.41. The maximum absolute atomic E-state index is 6.88. The minimum absolute atomic E-state index is 0.00829. The summed E-state index contributed by atoms with van der Waals surface area (Å²) >= 11 is 0. The van der Waals surface area contributed by atoms with Crippen LogP contribution in [0.5, 0.6) is 23.0 Å². The van der Waals surface area contributed by atoms with Crippen molar-refractivity contribution >= 4 is 23.1 Å². The van der Waals surface area contributed by atoms with E-state index in [0.717, 1.165) is 56.1 Å². The molecule has 2 aliphatic rings. The molecule has 2 aliphatic heterocycles. The Morgan fingerprint density at radius 1 is 0.439 bits per heavy atom. The molecule has 41 heavy (non-hydrogen) atoms. The van der Waals surface area contributed by atoms with E-state index in [1.807, 2.05) is 6.07 Å². The van der Waals surface area contributed by atoms with Gasteiger partial charge in [0.05, 0.1) is 0 Å². The minimum Gasteiger partial charge on any atom is -0.458 e. The van der Waals surface area contributed by atoms with Crippen LogP contribution in [0.4, 0.5) is 0 Å². The molecule has 0 saturated carbocycles. The predicted molar refractivity (Wildman–Crippen MR) is 170 cm³/mol. The van der Waals surface area contributed by atoms with Gasteiger partial charge in [-0.15, -0.1) is 0 Å². The maximum atomic E-state index is 6.88. The number of rotatable bonds is 3. The molecule has 2 heterocycles. The molecule has 0 radical (unpaired) electrons. The van der Waals surface area contributed by atoms with Gasteiger partial charge < -0.3 is 9.47 Å². The molecule has 0 bridgehead atoms. The largest absolute Gasteiger partial charge is 0.458 e. The predicted octanol–water partition coefficient (Wildman–Crippen LogP) is 8.03. The molecule has 6 aromatic carbocycles. The van der Waals surface area contributed by atoms with Crippen LogP contribution in [-0.4, -0.2) is 6.71 Å². The van der Waals surface area contributed by atoms with Gasteiger partial charge in [0.1, 0.15) is 23.0 Å². The number of benzene rings is 6. The smallest absolute Gasteiger partial charge is 0.260 e. The Balaban J connectivity index is 1.38. The summed E-state index contributed by atoms with van der Waals surface area (Å²) in [6.07, 6.45) is 0. The van der Waals surface area contributed by atoms with Crippen molar-refractivity contribution in [2.75, 3.05) is 0 Å². The molecule has 0 aromatic heterocycles. The summed E-state index contributed by atoms with van der Waals surface area (Å²) in [6, 6.07) is 45.1. The van der Waals surface area contributed by atoms with Crippen LogP contribution in [-0.2, 0) is 0 Å². The number of ether oxygens (including phenoxy) is 2. The van der Waals surface area contributed by atoms with Crippen molar-refractivity contribution < 1.29 is 9.47 Å². The van der Waals surface area contributed by atoms with Gasteiger partial charge in [-0.1, -0.05) is 103 Å². The fraction of sp³-hybridized carbons (Fsp3) is 0.0526. The van der Waals surface area contributed by atoms with E-state index < -0.39 is 0 Å². The van der Waals surface area contributed by atoms with Gasteiger partial charge in [-0.05, 0) is 88.0 Å². The lowest BCUT2D eigenvalue weighted by atomic mass is 9.34. The van der Waals surface area contributed by atoms with Crippen molar-refractivity contribution in [1.82, 2.24) is 0 Å². The second kappa shape index (κ2) is 9.28. The normalized spacial score (nSPS) is 12.5. The van der Waals surface area contributed by atoms with E-state index >= 15 is 0 Å². The Hall–Kier alpha value is -5.02. The highest BCUT2D eigenvalue weighted by Crippen LogP contribution is 2.42. The minimum atomic E-state index is -0.00829. The van der Waals surface area contributed by atoms with Crippen molar-refractivity contribution in [2.24, 2.45) is 0 Å². The van der Waals surface area contributed by atoms with Crippen LogP contribution in [0.2, 0.25) is 0 Å². The van der Waals surface area contributed by atoms with E-state index in [9.17, 15) is 0 Å². The van der Waals surface area contributed by atoms with E-state index in [-0.39, 0.29) is 6.71 Å². The Bertz CT molecular complexity index is 1980. The van der Waals surface area contributed by atoms with Gasteiger partial charge in [-0.2, -0.15) is 0 Å². The second-order valence-corrected chi connectivity index (χ2v) is 11.0. The molecular weight excluding hydrogens is 499 g/mol. The molecule has 194 valence electrons. The lowest BCUT2D eigenvalue weighted by Crippen LogP contribution is -2.57. The van der Waals surface area contributed by atoms with Crippen molar-refractivity contribution in [3.63, 3.8) is 0 Å². The molecule has 6 aromatic rings. The van der Waals surface area contributed by atoms with E-state index in [1.165, 1.54) is 27.8 Å². The average Bonchev–Trinajstić information content (AvgIpc) is 3.01. The zero-order valence-electron chi connectivity index (χ0n) is 23.0. The van der Waals surface area contributed by atoms with E-state index in [2.05, 4.69) is 135 Å². The van der Waals surface area contributed by atoms with Crippen LogP contribution in [0, 0.1) is 13.8 Å². The first-order chi connectivity index (χ1) is 20.2. The summed E-state index contributed by atoms with van der Waals surface area (Å²) in [5, 5.41) is 0. The van der Waals surface area contributed by atoms with Gasteiger partial charge in [-0.3, -0.25) is 0 Å². The molecule has 0 spiro atoms. The second-order valence-electron chi connectivity index (χ2n) is 11.0. The van der Waals surface area contributed by atoms with Crippen LogP contribution in [0.25, 0.3) is 33.4 Å². The van der Waals surface area contributed by atoms with Gasteiger partial charge in [0, 0.05) is 11.0 Å². The molecule has 0 N–H and O–H groups in total. The Morgan fingerprint density at radius 3 is 1.80 bits per heavy atom. The molecule has 0 fully saturated rings. The summed E-state index contributed by atoms with van der Waals surface area (Å²) in [6.45, 7) is 4.32. The topological polar surface area (TPSA) is 18.5 Å². The third-order valence-corrected chi connectivity index (χ3v) is 8.52. The fourth-order valence-corrected chi connectivity index (χ4v) is 6.46. The van der Waals surface area contributed by atoms with E-state index in [4.69, 9.17) is 9.47 Å². The molecule has 3 heteroatoms. The molecular formula is C38H27BO2. The summed E-state index contributed by atoms with van der Waals surface area (Å²) in [5.74, 6) is 3.52. The quantitative estimate of drug-likeness (QED) is 0.217. The van der Waals surface area contributed by atoms with E-state index in [1.54, 1.807) is 0 Å². The van der Waals surface area contributed by atoms with E-state index in [0.29, 0.717) is 0 Å². The first-order valence-corrected chi connectivity index (χ1v) is 14.1. The third kappa shape index (κ3) is 3.81. The molecule has 0 saturated heterocycles. The zero-order valence-corrected chi connectivity index (χ0v) is 23.0. The zero-order chi connectivity index (χ0) is 27.5. The SMILES string of the molecule is Cc1ccccc1-c1ccc2c(c1)Oc1c(-c3ccccc3)ccc3c1B2c1cc(-c2ccccc2C)ccc1O3. The van der Waals surface area contributed by atoms with Crippen LogP contribution < -0.4 is 25.9 Å². The highest BCUT2D eigenvalue weighted by atomic mass is 16.5. The fourth-order valence-electron chi connectivity index (χ4n) is 6.46. The highest BCUT2D eigenvalue weighted by molar-refractivity contribution is 6.98.